The molecule has 4 saturated heterocycles. The third-order valence-corrected chi connectivity index (χ3v) is 24.5. The van der Waals surface area contributed by atoms with Crippen molar-refractivity contribution in [1.29, 1.82) is 0 Å². The zero-order valence-electron chi connectivity index (χ0n) is 69.6. The third-order valence-electron chi connectivity index (χ3n) is 24.5. The van der Waals surface area contributed by atoms with E-state index in [9.17, 15) is 19.2 Å². The van der Waals surface area contributed by atoms with Crippen LogP contribution in [0.3, 0.4) is 0 Å². The number of pyridine rings is 7. The molecule has 0 aromatic carbocycles. The van der Waals surface area contributed by atoms with Gasteiger partial charge in [-0.05, 0) is 201 Å². The largest absolute Gasteiger partial charge is 0.368 e. The third kappa shape index (κ3) is 15.8. The van der Waals surface area contributed by atoms with Gasteiger partial charge in [0.05, 0.1) is 79.5 Å². The zero-order chi connectivity index (χ0) is 82.6. The number of nitrogens with zero attached hydrogens (tertiary/aromatic N) is 20. The van der Waals surface area contributed by atoms with Gasteiger partial charge in [-0.15, -0.1) is 0 Å². The number of hydrogen-bond donors (Lipinski definition) is 4. The molecule has 23 rings (SSSR count). The minimum atomic E-state index is -0.0729. The average molecular weight is 1620 g/mol. The fourth-order valence-electron chi connectivity index (χ4n) is 17.9. The van der Waals surface area contributed by atoms with Crippen molar-refractivity contribution in [2.45, 2.75) is 130 Å². The van der Waals surface area contributed by atoms with Crippen molar-refractivity contribution in [3.8, 4) is 45.0 Å². The summed E-state index contributed by atoms with van der Waals surface area (Å²) in [5.74, 6) is 1.70. The molecule has 121 heavy (non-hydrogen) atoms. The summed E-state index contributed by atoms with van der Waals surface area (Å²) in [4.78, 5) is 99.1. The van der Waals surface area contributed by atoms with Gasteiger partial charge in [0.2, 0.25) is 0 Å². The van der Waals surface area contributed by atoms with Crippen LogP contribution in [0.1, 0.15) is 122 Å². The average Bonchev–Trinajstić information content (AvgIpc) is 1.54. The van der Waals surface area contributed by atoms with Crippen molar-refractivity contribution in [2.75, 3.05) is 105 Å². The van der Waals surface area contributed by atoms with E-state index in [1.54, 1.807) is 41.9 Å². The molecule has 616 valence electrons. The molecule has 0 bridgehead atoms. The first-order valence-electron chi connectivity index (χ1n) is 42.7. The lowest BCUT2D eigenvalue weighted by Gasteiger charge is -2.33. The highest BCUT2D eigenvalue weighted by atomic mass is 16.1. The molecule has 3 atom stereocenters. The van der Waals surface area contributed by atoms with Gasteiger partial charge in [-0.2, -0.15) is 0 Å². The van der Waals surface area contributed by atoms with Crippen LogP contribution in [0.2, 0.25) is 0 Å². The van der Waals surface area contributed by atoms with Crippen LogP contribution in [0.25, 0.3) is 90.1 Å². The number of aromatic nitrogens is 16. The number of nitrogens with one attached hydrogen (secondary N) is 4. The van der Waals surface area contributed by atoms with Crippen molar-refractivity contribution in [2.24, 2.45) is 0 Å². The maximum atomic E-state index is 13.0. The van der Waals surface area contributed by atoms with E-state index in [0.29, 0.717) is 81.2 Å². The standard InChI is InChI=1S/2C24H26N6O.C23H24N6O.C22H24N6O/c2*1-15-11-28(8-7-25-15)19-5-6-22-27-21(10-23(31)30(22)14-19)18-9-20(17-3-4-17)24-26-16(2)12-29(24)13-18;1-15-12-28-13-17(10-19(16-2-3-16)23(28)25-15)20-11-22(30)29-14-18(4-5-21(29)26-20)27-8-6-24-7-9-27;1-14-10-26(7-6-23-14)18-4-5-21-25-19(9-22(29)28(21)13-18)17-8-20-16(3)24-15(2)11-27(20)12-17/h2*5-6,9-10,12-15,17,25H,3-4,7-8,11H2,1-2H3;4-5,10-14,16,24H,2-3,6-9H2,1H3;4-5,8-9,11-14,23H,6-7,10H2,1-3H3/t2*15-;;14-/m10.1/s1. The van der Waals surface area contributed by atoms with Crippen LogP contribution in [-0.2, 0) is 0 Å². The summed E-state index contributed by atoms with van der Waals surface area (Å²) in [7, 11) is 0. The fraction of sp³-hybridized carbons (Fsp3) is 0.355. The van der Waals surface area contributed by atoms with E-state index < -0.39 is 0 Å². The summed E-state index contributed by atoms with van der Waals surface area (Å²) in [5.41, 5.74) is 26.1. The molecule has 4 aliphatic heterocycles. The highest BCUT2D eigenvalue weighted by Crippen LogP contribution is 2.46. The Morgan fingerprint density at radius 2 is 0.595 bits per heavy atom. The van der Waals surface area contributed by atoms with Crippen molar-refractivity contribution in [3.05, 3.63) is 258 Å². The number of aryl methyl sites for hydroxylation is 5. The van der Waals surface area contributed by atoms with Crippen molar-refractivity contribution in [1.82, 2.24) is 96.3 Å². The smallest absolute Gasteiger partial charge is 0.258 e. The molecular weight excluding hydrogens is 1520 g/mol. The molecule has 7 aliphatic rings. The lowest BCUT2D eigenvalue weighted by molar-refractivity contribution is 0.484. The Morgan fingerprint density at radius 3 is 0.917 bits per heavy atom. The molecule has 0 radical (unpaired) electrons. The highest BCUT2D eigenvalue weighted by molar-refractivity contribution is 5.73. The van der Waals surface area contributed by atoms with Gasteiger partial charge in [0.1, 0.15) is 39.5 Å². The maximum absolute atomic E-state index is 13.0. The van der Waals surface area contributed by atoms with Gasteiger partial charge in [0, 0.05) is 224 Å². The molecule has 20 heterocycles. The Hall–Kier alpha value is -12.8. The van der Waals surface area contributed by atoms with E-state index in [1.165, 1.54) is 55.2 Å². The fourth-order valence-corrected chi connectivity index (χ4v) is 17.9. The highest BCUT2D eigenvalue weighted by Gasteiger charge is 2.32. The summed E-state index contributed by atoms with van der Waals surface area (Å²) in [6.07, 6.45) is 31.1. The van der Waals surface area contributed by atoms with E-state index in [-0.39, 0.29) is 22.2 Å². The first-order chi connectivity index (χ1) is 58.7. The van der Waals surface area contributed by atoms with E-state index >= 15 is 0 Å². The molecule has 16 aromatic rings. The Balaban J connectivity index is 0.000000103. The Morgan fingerprint density at radius 1 is 0.306 bits per heavy atom. The van der Waals surface area contributed by atoms with Crippen LogP contribution in [0.15, 0.2) is 191 Å². The number of hydrogen-bond acceptors (Lipinski definition) is 20. The molecule has 16 aromatic heterocycles. The maximum Gasteiger partial charge on any atom is 0.258 e. The summed E-state index contributed by atoms with van der Waals surface area (Å²) in [6.45, 7) is 28.8. The summed E-state index contributed by atoms with van der Waals surface area (Å²) >= 11 is 0. The van der Waals surface area contributed by atoms with Crippen LogP contribution in [0.5, 0.6) is 0 Å². The molecule has 0 unspecified atom stereocenters. The van der Waals surface area contributed by atoms with Gasteiger partial charge < -0.3 is 58.5 Å². The zero-order valence-corrected chi connectivity index (χ0v) is 69.6. The molecule has 28 nitrogen and oxygen atoms in total. The molecule has 3 saturated carbocycles. The molecule has 28 heteroatoms. The van der Waals surface area contributed by atoms with Crippen LogP contribution in [0.4, 0.5) is 22.7 Å². The monoisotopic (exact) mass is 1620 g/mol. The predicted molar refractivity (Wildman–Crippen MR) is 476 cm³/mol. The van der Waals surface area contributed by atoms with Crippen LogP contribution in [-0.4, -0.2) is 178 Å². The number of piperazine rings is 4. The number of imidazole rings is 3. The molecule has 0 spiro atoms. The van der Waals surface area contributed by atoms with E-state index in [4.69, 9.17) is 34.9 Å². The van der Waals surface area contributed by atoms with Crippen LogP contribution < -0.4 is 63.1 Å². The minimum absolute atomic E-state index is 0.0538. The molecule has 4 N–H and O–H groups in total. The SMILES string of the molecule is Cc1cn2cc(-c3cc(=O)n4cc(N5CCNCC5)ccc4n3)cc(C3CC3)c2n1.Cc1cn2cc(-c3cc(=O)n4cc(N5CCN[C@@H](C)C5)ccc4n3)cc(C3CC3)c2n1.Cc1cn2cc(-c3cc(=O)n4cc(N5CCN[C@H](C)C5)ccc4n3)cc(C3CC3)c2n1.Cc1cn2cc(-c3cc(=O)n4cc(N5CCN[C@H](C)C5)ccc4n3)cc2c(C)n1. The van der Waals surface area contributed by atoms with Crippen LogP contribution in [0, 0.1) is 34.6 Å². The van der Waals surface area contributed by atoms with Gasteiger partial charge in [-0.25, -0.2) is 34.9 Å². The summed E-state index contributed by atoms with van der Waals surface area (Å²) in [6, 6.07) is 32.5. The van der Waals surface area contributed by atoms with Crippen molar-refractivity contribution >= 4 is 67.8 Å². The van der Waals surface area contributed by atoms with Gasteiger partial charge in [0.25, 0.3) is 22.2 Å². The number of fused-ring (bicyclic) bond motifs is 8. The van der Waals surface area contributed by atoms with Crippen molar-refractivity contribution in [3.63, 3.8) is 0 Å². The number of anilines is 4. The first-order valence-corrected chi connectivity index (χ1v) is 42.7. The van der Waals surface area contributed by atoms with E-state index in [2.05, 4.69) is 122 Å². The minimum Gasteiger partial charge on any atom is -0.368 e. The quantitative estimate of drug-likeness (QED) is 0.0937. The lowest BCUT2D eigenvalue weighted by atomic mass is 10.1. The molecule has 0 amide bonds. The molecular formula is C93H100N24O4. The number of rotatable bonds is 11. The Labute approximate surface area is 697 Å². The van der Waals surface area contributed by atoms with Gasteiger partial charge in [0.15, 0.2) is 0 Å². The van der Waals surface area contributed by atoms with Crippen molar-refractivity contribution < 1.29 is 0 Å². The Bertz CT molecular complexity index is 6800. The first kappa shape index (κ1) is 76.9. The van der Waals surface area contributed by atoms with Gasteiger partial charge in [-0.3, -0.25) is 41.8 Å². The Kier molecular flexibility index (Phi) is 20.0. The predicted octanol–water partition coefficient (Wildman–Crippen LogP) is 11.0. The second kappa shape index (κ2) is 31.4. The summed E-state index contributed by atoms with van der Waals surface area (Å²) < 4.78 is 14.9. The lowest BCUT2D eigenvalue weighted by Crippen LogP contribution is -2.49. The second-order valence-electron chi connectivity index (χ2n) is 34.2. The van der Waals surface area contributed by atoms with E-state index in [1.807, 2.05) is 144 Å². The van der Waals surface area contributed by atoms with Crippen LogP contribution >= 0.6 is 0 Å². The summed E-state index contributed by atoms with van der Waals surface area (Å²) in [5, 5.41) is 13.7. The molecule has 3 aliphatic carbocycles. The van der Waals surface area contributed by atoms with E-state index in [0.717, 1.165) is 181 Å². The normalized spacial score (nSPS) is 18.4. The molecule has 7 fully saturated rings. The topological polar surface area (TPSA) is 268 Å². The second-order valence-corrected chi connectivity index (χ2v) is 34.2. The van der Waals surface area contributed by atoms with Gasteiger partial charge >= 0.3 is 0 Å². The van der Waals surface area contributed by atoms with Gasteiger partial charge in [-0.1, -0.05) is 0 Å².